The molecule has 0 radical (unpaired) electrons. The van der Waals surface area contributed by atoms with Crippen LogP contribution >= 0.6 is 0 Å². The first-order chi connectivity index (χ1) is 7.69. The van der Waals surface area contributed by atoms with Crippen LogP contribution in [0.3, 0.4) is 0 Å². The summed E-state index contributed by atoms with van der Waals surface area (Å²) in [5, 5.41) is 0. The number of carbonyl (C=O) groups excluding carboxylic acids is 2. The van der Waals surface area contributed by atoms with E-state index in [-0.39, 0.29) is 12.2 Å². The highest BCUT2D eigenvalue weighted by molar-refractivity contribution is 6.08. The van der Waals surface area contributed by atoms with E-state index < -0.39 is 12.1 Å². The second-order valence-corrected chi connectivity index (χ2v) is 3.11. The first-order valence-electron chi connectivity index (χ1n) is 4.70. The van der Waals surface area contributed by atoms with Crippen molar-refractivity contribution in [2.24, 2.45) is 0 Å². The van der Waals surface area contributed by atoms with E-state index in [0.29, 0.717) is 5.56 Å². The van der Waals surface area contributed by atoms with Crippen molar-refractivity contribution in [2.45, 2.75) is 12.7 Å². The second kappa shape index (κ2) is 6.09. The van der Waals surface area contributed by atoms with Crippen molar-refractivity contribution in [2.75, 3.05) is 14.2 Å². The van der Waals surface area contributed by atoms with Gasteiger partial charge < -0.3 is 9.47 Å². The van der Waals surface area contributed by atoms with Gasteiger partial charge in [0.25, 0.3) is 0 Å². The van der Waals surface area contributed by atoms with Gasteiger partial charge in [0, 0.05) is 32.2 Å². The van der Waals surface area contributed by atoms with Gasteiger partial charge in [0.2, 0.25) is 6.29 Å². The number of pyridine rings is 1. The van der Waals surface area contributed by atoms with Gasteiger partial charge in [-0.05, 0) is 12.1 Å². The van der Waals surface area contributed by atoms with Gasteiger partial charge in [-0.25, -0.2) is 0 Å². The standard InChI is InChI=1S/C11H13NO4/c1-15-11(16-2)10(14)6-9(13)8-4-3-5-12-7-8/h3-5,7,11H,6H2,1-2H3. The lowest BCUT2D eigenvalue weighted by molar-refractivity contribution is -0.155. The van der Waals surface area contributed by atoms with Crippen LogP contribution in [0.1, 0.15) is 16.8 Å². The Labute approximate surface area is 93.4 Å². The lowest BCUT2D eigenvalue weighted by Gasteiger charge is -2.10. The lowest BCUT2D eigenvalue weighted by atomic mass is 10.1. The number of carbonyl (C=O) groups is 2. The van der Waals surface area contributed by atoms with Crippen LogP contribution in [0.4, 0.5) is 0 Å². The molecular formula is C11H13NO4. The maximum Gasteiger partial charge on any atom is 0.217 e. The molecule has 16 heavy (non-hydrogen) atoms. The van der Waals surface area contributed by atoms with Gasteiger partial charge in [0.05, 0.1) is 6.42 Å². The average Bonchev–Trinajstić information content (AvgIpc) is 2.31. The monoisotopic (exact) mass is 223 g/mol. The highest BCUT2D eigenvalue weighted by Gasteiger charge is 2.20. The molecule has 0 amide bonds. The fourth-order valence-electron chi connectivity index (χ4n) is 1.23. The molecular weight excluding hydrogens is 210 g/mol. The molecule has 5 heteroatoms. The molecule has 86 valence electrons. The molecule has 0 spiro atoms. The van der Waals surface area contributed by atoms with Crippen LogP contribution in [-0.2, 0) is 14.3 Å². The molecule has 0 fully saturated rings. The van der Waals surface area contributed by atoms with E-state index in [4.69, 9.17) is 9.47 Å². The Kier molecular flexibility index (Phi) is 4.75. The van der Waals surface area contributed by atoms with Crippen molar-refractivity contribution < 1.29 is 19.1 Å². The molecule has 0 bridgehead atoms. The van der Waals surface area contributed by atoms with Crippen molar-refractivity contribution in [3.8, 4) is 0 Å². The van der Waals surface area contributed by atoms with Gasteiger partial charge in [-0.15, -0.1) is 0 Å². The molecule has 0 unspecified atom stereocenters. The Hall–Kier alpha value is -1.59. The largest absolute Gasteiger partial charge is 0.349 e. The van der Waals surface area contributed by atoms with Crippen LogP contribution in [0, 0.1) is 0 Å². The summed E-state index contributed by atoms with van der Waals surface area (Å²) >= 11 is 0. The number of hydrogen-bond donors (Lipinski definition) is 0. The van der Waals surface area contributed by atoms with Crippen LogP contribution in [0.25, 0.3) is 0 Å². The molecule has 0 aliphatic rings. The zero-order valence-electron chi connectivity index (χ0n) is 9.17. The molecule has 0 N–H and O–H groups in total. The number of ether oxygens (including phenoxy) is 2. The van der Waals surface area contributed by atoms with E-state index in [1.54, 1.807) is 18.3 Å². The maximum atomic E-state index is 11.6. The molecule has 0 aliphatic carbocycles. The summed E-state index contributed by atoms with van der Waals surface area (Å²) in [5.74, 6) is -0.698. The summed E-state index contributed by atoms with van der Waals surface area (Å²) < 4.78 is 9.52. The predicted octanol–water partition coefficient (Wildman–Crippen LogP) is 0.842. The molecule has 1 rings (SSSR count). The number of rotatable bonds is 6. The molecule has 1 heterocycles. The van der Waals surface area contributed by atoms with E-state index in [0.717, 1.165) is 0 Å². The molecule has 0 saturated carbocycles. The first kappa shape index (κ1) is 12.5. The third-order valence-electron chi connectivity index (χ3n) is 2.01. The number of hydrogen-bond acceptors (Lipinski definition) is 5. The fraction of sp³-hybridized carbons (Fsp3) is 0.364. The summed E-state index contributed by atoms with van der Waals surface area (Å²) in [5.41, 5.74) is 0.404. The minimum absolute atomic E-state index is 0.252. The normalized spacial score (nSPS) is 10.4. The highest BCUT2D eigenvalue weighted by Crippen LogP contribution is 2.05. The topological polar surface area (TPSA) is 65.5 Å². The van der Waals surface area contributed by atoms with E-state index in [2.05, 4.69) is 4.98 Å². The van der Waals surface area contributed by atoms with Crippen LogP contribution in [-0.4, -0.2) is 37.1 Å². The van der Waals surface area contributed by atoms with E-state index in [1.165, 1.54) is 20.4 Å². The number of nitrogens with zero attached hydrogens (tertiary/aromatic N) is 1. The smallest absolute Gasteiger partial charge is 0.217 e. The van der Waals surface area contributed by atoms with Crippen LogP contribution in [0.2, 0.25) is 0 Å². The molecule has 1 aromatic rings. The van der Waals surface area contributed by atoms with Gasteiger partial charge >= 0.3 is 0 Å². The number of Topliss-reactive ketones (excluding diaryl/α,β-unsaturated/α-hetero) is 2. The second-order valence-electron chi connectivity index (χ2n) is 3.11. The number of ketones is 2. The van der Waals surface area contributed by atoms with Gasteiger partial charge in [-0.1, -0.05) is 0 Å². The maximum absolute atomic E-state index is 11.6. The van der Waals surface area contributed by atoms with Crippen LogP contribution < -0.4 is 0 Å². The molecule has 0 saturated heterocycles. The predicted molar refractivity (Wildman–Crippen MR) is 56.0 cm³/mol. The van der Waals surface area contributed by atoms with Gasteiger partial charge in [-0.2, -0.15) is 0 Å². The molecule has 0 aromatic carbocycles. The summed E-state index contributed by atoms with van der Waals surface area (Å²) in [6.07, 6.45) is 1.74. The third-order valence-corrected chi connectivity index (χ3v) is 2.01. The molecule has 5 nitrogen and oxygen atoms in total. The molecule has 0 aliphatic heterocycles. The summed E-state index contributed by atoms with van der Waals surface area (Å²) in [7, 11) is 2.70. The number of aromatic nitrogens is 1. The van der Waals surface area contributed by atoms with Gasteiger partial charge in [0.1, 0.15) is 0 Å². The molecule has 0 atom stereocenters. The summed E-state index contributed by atoms with van der Waals surface area (Å²) in [6, 6.07) is 3.25. The van der Waals surface area contributed by atoms with Crippen molar-refractivity contribution in [3.63, 3.8) is 0 Å². The third kappa shape index (κ3) is 3.22. The zero-order valence-corrected chi connectivity index (χ0v) is 9.17. The van der Waals surface area contributed by atoms with Crippen molar-refractivity contribution in [3.05, 3.63) is 30.1 Å². The Morgan fingerprint density at radius 1 is 1.38 bits per heavy atom. The van der Waals surface area contributed by atoms with Crippen LogP contribution in [0.5, 0.6) is 0 Å². The Morgan fingerprint density at radius 3 is 2.56 bits per heavy atom. The summed E-state index contributed by atoms with van der Waals surface area (Å²) in [4.78, 5) is 26.9. The van der Waals surface area contributed by atoms with E-state index >= 15 is 0 Å². The van der Waals surface area contributed by atoms with Gasteiger partial charge in [-0.3, -0.25) is 14.6 Å². The zero-order chi connectivity index (χ0) is 12.0. The summed E-state index contributed by atoms with van der Waals surface area (Å²) in [6.45, 7) is 0. The van der Waals surface area contributed by atoms with Gasteiger partial charge in [0.15, 0.2) is 11.6 Å². The van der Waals surface area contributed by atoms with Crippen molar-refractivity contribution >= 4 is 11.6 Å². The Morgan fingerprint density at radius 2 is 2.06 bits per heavy atom. The minimum atomic E-state index is -0.986. The number of methoxy groups -OCH3 is 2. The molecule has 1 aromatic heterocycles. The van der Waals surface area contributed by atoms with E-state index in [9.17, 15) is 9.59 Å². The Bertz CT molecular complexity index is 360. The van der Waals surface area contributed by atoms with Crippen molar-refractivity contribution in [1.82, 2.24) is 4.98 Å². The first-order valence-corrected chi connectivity index (χ1v) is 4.70. The Balaban J connectivity index is 2.62. The SMILES string of the molecule is COC(OC)C(=O)CC(=O)c1cccnc1. The highest BCUT2D eigenvalue weighted by atomic mass is 16.7. The van der Waals surface area contributed by atoms with Crippen molar-refractivity contribution in [1.29, 1.82) is 0 Å². The van der Waals surface area contributed by atoms with Crippen LogP contribution in [0.15, 0.2) is 24.5 Å². The minimum Gasteiger partial charge on any atom is -0.349 e. The fourth-order valence-corrected chi connectivity index (χ4v) is 1.23. The van der Waals surface area contributed by atoms with E-state index in [1.807, 2.05) is 0 Å². The lowest BCUT2D eigenvalue weighted by Crippen LogP contribution is -2.27. The average molecular weight is 223 g/mol. The quantitative estimate of drug-likeness (QED) is 0.406.